The number of anilines is 1. The van der Waals surface area contributed by atoms with E-state index in [1.165, 1.54) is 11.0 Å². The van der Waals surface area contributed by atoms with Crippen molar-refractivity contribution < 1.29 is 14.7 Å². The van der Waals surface area contributed by atoms with E-state index in [9.17, 15) is 9.59 Å². The van der Waals surface area contributed by atoms with E-state index in [0.717, 1.165) is 0 Å². The summed E-state index contributed by atoms with van der Waals surface area (Å²) in [6.45, 7) is 0.337. The van der Waals surface area contributed by atoms with Crippen LogP contribution in [0.4, 0.5) is 5.69 Å². The quantitative estimate of drug-likeness (QED) is 0.852. The van der Waals surface area contributed by atoms with Gasteiger partial charge in [0.15, 0.2) is 0 Å². The molecular weight excluding hydrogens is 309 g/mol. The first-order chi connectivity index (χ1) is 8.00. The van der Waals surface area contributed by atoms with Crippen LogP contribution in [0, 0.1) is 0 Å². The number of halogens is 2. The Morgan fingerprint density at radius 2 is 2.24 bits per heavy atom. The Kier molecular flexibility index (Phi) is 3.40. The smallest absolute Gasteiger partial charge is 0.337 e. The van der Waals surface area contributed by atoms with E-state index in [4.69, 9.17) is 16.7 Å². The highest BCUT2D eigenvalue weighted by Crippen LogP contribution is 2.34. The van der Waals surface area contributed by atoms with Gasteiger partial charge in [0.2, 0.25) is 5.91 Å². The summed E-state index contributed by atoms with van der Waals surface area (Å²) in [4.78, 5) is 24.3. The van der Waals surface area contributed by atoms with Gasteiger partial charge in [-0.25, -0.2) is 4.79 Å². The monoisotopic (exact) mass is 317 g/mol. The molecule has 1 heterocycles. The first-order valence-electron chi connectivity index (χ1n) is 4.97. The Hall–Kier alpha value is -1.07. The second-order valence-corrected chi connectivity index (χ2v) is 5.22. The average Bonchev–Trinajstić information content (AvgIpc) is 2.57. The van der Waals surface area contributed by atoms with Crippen LogP contribution in [-0.2, 0) is 4.79 Å². The highest BCUT2D eigenvalue weighted by Gasteiger charge is 2.32. The summed E-state index contributed by atoms with van der Waals surface area (Å²) in [5.74, 6) is -1.22. The summed E-state index contributed by atoms with van der Waals surface area (Å²) in [5, 5.41) is 8.84. The molecule has 0 bridgehead atoms. The van der Waals surface area contributed by atoms with E-state index in [0.29, 0.717) is 16.7 Å². The van der Waals surface area contributed by atoms with Gasteiger partial charge >= 0.3 is 5.97 Å². The lowest BCUT2D eigenvalue weighted by atomic mass is 10.1. The SMILES string of the molecule is O=C(O)c1cccc(Br)c1N1CC(Cl)CC1=O. The zero-order valence-electron chi connectivity index (χ0n) is 8.69. The van der Waals surface area contributed by atoms with E-state index in [1.54, 1.807) is 12.1 Å². The molecule has 1 fully saturated rings. The number of hydrogen-bond acceptors (Lipinski definition) is 2. The van der Waals surface area contributed by atoms with Crippen LogP contribution in [0.2, 0.25) is 0 Å². The first kappa shape index (κ1) is 12.4. The van der Waals surface area contributed by atoms with E-state index in [2.05, 4.69) is 15.9 Å². The zero-order valence-corrected chi connectivity index (χ0v) is 11.0. The van der Waals surface area contributed by atoms with E-state index < -0.39 is 5.97 Å². The number of aromatic carboxylic acids is 1. The fourth-order valence-electron chi connectivity index (χ4n) is 1.84. The molecule has 1 aromatic carbocycles. The number of benzene rings is 1. The minimum absolute atomic E-state index is 0.0958. The summed E-state index contributed by atoms with van der Waals surface area (Å²) in [7, 11) is 0. The van der Waals surface area contributed by atoms with Crippen LogP contribution in [0.1, 0.15) is 16.8 Å². The minimum atomic E-state index is -1.06. The van der Waals surface area contributed by atoms with Gasteiger partial charge in [0.05, 0.1) is 16.6 Å². The summed E-state index contributed by atoms with van der Waals surface area (Å²) >= 11 is 9.18. The second kappa shape index (κ2) is 4.66. The number of carbonyl (C=O) groups is 2. The molecule has 0 radical (unpaired) electrons. The Labute approximate surface area is 111 Å². The summed E-state index contributed by atoms with van der Waals surface area (Å²) < 4.78 is 0.580. The maximum atomic E-state index is 11.7. The third kappa shape index (κ3) is 2.30. The lowest BCUT2D eigenvalue weighted by Crippen LogP contribution is -2.27. The first-order valence-corrected chi connectivity index (χ1v) is 6.20. The lowest BCUT2D eigenvalue weighted by molar-refractivity contribution is -0.117. The van der Waals surface area contributed by atoms with Crippen molar-refractivity contribution in [1.29, 1.82) is 0 Å². The number of para-hydroxylation sites is 1. The maximum Gasteiger partial charge on any atom is 0.337 e. The lowest BCUT2D eigenvalue weighted by Gasteiger charge is -2.19. The van der Waals surface area contributed by atoms with Crippen LogP contribution < -0.4 is 4.90 Å². The van der Waals surface area contributed by atoms with Crippen LogP contribution >= 0.6 is 27.5 Å². The molecule has 2 rings (SSSR count). The van der Waals surface area contributed by atoms with Crippen LogP contribution in [-0.4, -0.2) is 28.9 Å². The molecule has 1 aromatic rings. The molecular formula is C11H9BrClNO3. The van der Waals surface area contributed by atoms with Crippen molar-refractivity contribution in [2.24, 2.45) is 0 Å². The number of hydrogen-bond donors (Lipinski definition) is 1. The Morgan fingerprint density at radius 3 is 2.76 bits per heavy atom. The van der Waals surface area contributed by atoms with Gasteiger partial charge in [-0.3, -0.25) is 4.79 Å². The molecule has 90 valence electrons. The molecule has 0 saturated carbocycles. The molecule has 0 aliphatic carbocycles. The molecule has 0 spiro atoms. The predicted octanol–water partition coefficient (Wildman–Crippen LogP) is 2.49. The van der Waals surface area contributed by atoms with Gasteiger partial charge in [-0.15, -0.1) is 11.6 Å². The van der Waals surface area contributed by atoms with Crippen LogP contribution in [0.25, 0.3) is 0 Å². The molecule has 1 N–H and O–H groups in total. The second-order valence-electron chi connectivity index (χ2n) is 3.75. The molecule has 1 amide bonds. The number of alkyl halides is 1. The normalized spacial score (nSPS) is 19.8. The standard InChI is InChI=1S/C11H9BrClNO3/c12-8-3-1-2-7(11(16)17)10(8)14-5-6(13)4-9(14)15/h1-3,6H,4-5H2,(H,16,17). The highest BCUT2D eigenvalue weighted by atomic mass is 79.9. The van der Waals surface area contributed by atoms with Crippen LogP contribution in [0.5, 0.6) is 0 Å². The average molecular weight is 319 g/mol. The molecule has 1 aliphatic rings. The number of amides is 1. The largest absolute Gasteiger partial charge is 0.478 e. The highest BCUT2D eigenvalue weighted by molar-refractivity contribution is 9.10. The van der Waals surface area contributed by atoms with Crippen LogP contribution in [0.15, 0.2) is 22.7 Å². The molecule has 1 aliphatic heterocycles. The van der Waals surface area contributed by atoms with Gasteiger partial charge in [-0.2, -0.15) is 0 Å². The van der Waals surface area contributed by atoms with E-state index in [1.807, 2.05) is 0 Å². The number of carbonyl (C=O) groups excluding carboxylic acids is 1. The Morgan fingerprint density at radius 1 is 1.53 bits per heavy atom. The summed E-state index contributed by atoms with van der Waals surface area (Å²) in [5.41, 5.74) is 0.478. The predicted molar refractivity (Wildman–Crippen MR) is 67.7 cm³/mol. The van der Waals surface area contributed by atoms with Crippen molar-refractivity contribution in [2.45, 2.75) is 11.8 Å². The van der Waals surface area contributed by atoms with Gasteiger partial charge in [-0.05, 0) is 28.1 Å². The molecule has 4 nitrogen and oxygen atoms in total. The third-order valence-corrected chi connectivity index (χ3v) is 3.50. The van der Waals surface area contributed by atoms with Crippen molar-refractivity contribution in [3.63, 3.8) is 0 Å². The molecule has 6 heteroatoms. The van der Waals surface area contributed by atoms with Crippen molar-refractivity contribution in [3.05, 3.63) is 28.2 Å². The van der Waals surface area contributed by atoms with Crippen molar-refractivity contribution in [3.8, 4) is 0 Å². The van der Waals surface area contributed by atoms with Crippen molar-refractivity contribution >= 4 is 45.1 Å². The van der Waals surface area contributed by atoms with Crippen LogP contribution in [0.3, 0.4) is 0 Å². The fraction of sp³-hybridized carbons (Fsp3) is 0.273. The summed E-state index contributed by atoms with van der Waals surface area (Å²) in [6, 6.07) is 4.80. The number of carboxylic acids is 1. The van der Waals surface area contributed by atoms with Gasteiger partial charge in [0, 0.05) is 17.4 Å². The zero-order chi connectivity index (χ0) is 12.6. The molecule has 1 saturated heterocycles. The topological polar surface area (TPSA) is 57.6 Å². The number of rotatable bonds is 2. The van der Waals surface area contributed by atoms with Crippen molar-refractivity contribution in [2.75, 3.05) is 11.4 Å². The van der Waals surface area contributed by atoms with Crippen molar-refractivity contribution in [1.82, 2.24) is 0 Å². The fourth-order valence-corrected chi connectivity index (χ4v) is 2.69. The van der Waals surface area contributed by atoms with Gasteiger partial charge in [0.25, 0.3) is 0 Å². The Bertz CT molecular complexity index is 492. The van der Waals surface area contributed by atoms with Gasteiger partial charge < -0.3 is 10.0 Å². The van der Waals surface area contributed by atoms with Gasteiger partial charge in [0.1, 0.15) is 0 Å². The Balaban J connectivity index is 2.51. The number of nitrogens with zero attached hydrogens (tertiary/aromatic N) is 1. The molecule has 17 heavy (non-hydrogen) atoms. The van der Waals surface area contributed by atoms with E-state index in [-0.39, 0.29) is 23.3 Å². The molecule has 1 atom stereocenters. The summed E-state index contributed by atoms with van der Waals surface area (Å²) in [6.07, 6.45) is 0.238. The van der Waals surface area contributed by atoms with Gasteiger partial charge in [-0.1, -0.05) is 6.07 Å². The minimum Gasteiger partial charge on any atom is -0.478 e. The molecule has 1 unspecified atom stereocenters. The van der Waals surface area contributed by atoms with E-state index >= 15 is 0 Å². The maximum absolute atomic E-state index is 11.7. The third-order valence-electron chi connectivity index (χ3n) is 2.56. The number of carboxylic acid groups (broad SMARTS) is 1. The molecule has 0 aromatic heterocycles.